The summed E-state index contributed by atoms with van der Waals surface area (Å²) in [6.07, 6.45) is 3.22. The van der Waals surface area contributed by atoms with Crippen molar-refractivity contribution in [2.45, 2.75) is 5.16 Å². The summed E-state index contributed by atoms with van der Waals surface area (Å²) in [5.74, 6) is 1.13. The van der Waals surface area contributed by atoms with E-state index in [9.17, 15) is 9.59 Å². The molecule has 0 aliphatic heterocycles. The molecule has 34 heavy (non-hydrogen) atoms. The van der Waals surface area contributed by atoms with Gasteiger partial charge in [-0.2, -0.15) is 0 Å². The zero-order valence-electron chi connectivity index (χ0n) is 18.7. The maximum Gasteiger partial charge on any atom is 0.234 e. The number of carbonyl (C=O) groups is 2. The Balaban J connectivity index is 1.31. The lowest BCUT2D eigenvalue weighted by molar-refractivity contribution is -0.113. The van der Waals surface area contributed by atoms with Crippen LogP contribution in [0.1, 0.15) is 15.9 Å². The van der Waals surface area contributed by atoms with E-state index < -0.39 is 0 Å². The van der Waals surface area contributed by atoms with E-state index >= 15 is 0 Å². The fourth-order valence-corrected chi connectivity index (χ4v) is 3.96. The predicted molar refractivity (Wildman–Crippen MR) is 135 cm³/mol. The number of H-pyrrole nitrogens is 1. The van der Waals surface area contributed by atoms with Gasteiger partial charge in [0.05, 0.1) is 31.0 Å². The van der Waals surface area contributed by atoms with Crippen molar-refractivity contribution in [3.05, 3.63) is 83.9 Å². The van der Waals surface area contributed by atoms with Crippen LogP contribution >= 0.6 is 11.8 Å². The average Bonchev–Trinajstić information content (AvgIpc) is 3.29. The Bertz CT molecular complexity index is 1310. The van der Waals surface area contributed by atoms with Gasteiger partial charge in [0.25, 0.3) is 0 Å². The van der Waals surface area contributed by atoms with Gasteiger partial charge in [-0.1, -0.05) is 36.0 Å². The second kappa shape index (κ2) is 10.7. The number of nitrogens with zero attached hydrogens (tertiary/aromatic N) is 1. The Morgan fingerprint density at radius 2 is 1.76 bits per heavy atom. The molecule has 4 rings (SSSR count). The maximum absolute atomic E-state index is 12.5. The Morgan fingerprint density at radius 1 is 1.00 bits per heavy atom. The topological polar surface area (TPSA) is 93.3 Å². The highest BCUT2D eigenvalue weighted by atomic mass is 32.2. The summed E-state index contributed by atoms with van der Waals surface area (Å²) in [6.45, 7) is 0. The number of methoxy groups -OCH3 is 2. The molecule has 172 valence electrons. The third-order valence-electron chi connectivity index (χ3n) is 5.00. The predicted octanol–water partition coefficient (Wildman–Crippen LogP) is 5.21. The summed E-state index contributed by atoms with van der Waals surface area (Å²) in [4.78, 5) is 32.5. The molecular formula is C26H23N3O4S. The highest BCUT2D eigenvalue weighted by Gasteiger charge is 2.09. The third-order valence-corrected chi connectivity index (χ3v) is 5.87. The van der Waals surface area contributed by atoms with Crippen molar-refractivity contribution < 1.29 is 19.1 Å². The second-order valence-corrected chi connectivity index (χ2v) is 8.25. The van der Waals surface area contributed by atoms with Crippen LogP contribution in [-0.4, -0.2) is 41.6 Å². The van der Waals surface area contributed by atoms with E-state index in [2.05, 4.69) is 15.3 Å². The summed E-state index contributed by atoms with van der Waals surface area (Å²) in [5, 5.41) is 3.53. The molecule has 0 bridgehead atoms. The van der Waals surface area contributed by atoms with Gasteiger partial charge in [-0.3, -0.25) is 9.59 Å². The molecule has 7 nitrogen and oxygen atoms in total. The van der Waals surface area contributed by atoms with E-state index in [4.69, 9.17) is 9.47 Å². The number of allylic oxidation sites excluding steroid dienone is 1. The minimum absolute atomic E-state index is 0.145. The first kappa shape index (κ1) is 23.1. The molecule has 8 heteroatoms. The highest BCUT2D eigenvalue weighted by Crippen LogP contribution is 2.28. The molecule has 0 aliphatic carbocycles. The van der Waals surface area contributed by atoms with Gasteiger partial charge < -0.3 is 19.8 Å². The molecule has 2 N–H and O–H groups in total. The smallest absolute Gasteiger partial charge is 0.234 e. The maximum atomic E-state index is 12.5. The number of aromatic amines is 1. The first-order valence-electron chi connectivity index (χ1n) is 10.5. The minimum Gasteiger partial charge on any atom is -0.493 e. The number of aromatic nitrogens is 2. The number of carbonyl (C=O) groups excluding carboxylic acids is 2. The molecule has 1 heterocycles. The molecule has 0 fully saturated rings. The third kappa shape index (κ3) is 5.65. The number of ketones is 1. The Kier molecular flexibility index (Phi) is 7.29. The number of thioether (sulfide) groups is 1. The van der Waals surface area contributed by atoms with E-state index in [1.807, 2.05) is 30.3 Å². The number of anilines is 1. The molecule has 0 radical (unpaired) electrons. The number of hydrogen-bond donors (Lipinski definition) is 2. The Labute approximate surface area is 201 Å². The normalized spacial score (nSPS) is 11.0. The van der Waals surface area contributed by atoms with Crippen LogP contribution in [0.4, 0.5) is 5.69 Å². The molecule has 0 saturated heterocycles. The molecule has 0 aliphatic rings. The van der Waals surface area contributed by atoms with Crippen LogP contribution in [0.25, 0.3) is 17.1 Å². The second-order valence-electron chi connectivity index (χ2n) is 7.29. The van der Waals surface area contributed by atoms with Crippen molar-refractivity contribution in [1.82, 2.24) is 9.97 Å². The summed E-state index contributed by atoms with van der Waals surface area (Å²) in [6, 6.07) is 19.9. The molecule has 0 unspecified atom stereocenters. The molecule has 1 amide bonds. The van der Waals surface area contributed by atoms with Crippen LogP contribution < -0.4 is 14.8 Å². The molecular weight excluding hydrogens is 450 g/mol. The monoisotopic (exact) mass is 473 g/mol. The number of rotatable bonds is 9. The van der Waals surface area contributed by atoms with Crippen LogP contribution in [0.2, 0.25) is 0 Å². The van der Waals surface area contributed by atoms with Gasteiger partial charge in [-0.05, 0) is 60.2 Å². The average molecular weight is 474 g/mol. The van der Waals surface area contributed by atoms with Crippen molar-refractivity contribution in [1.29, 1.82) is 0 Å². The van der Waals surface area contributed by atoms with Gasteiger partial charge in [0, 0.05) is 11.3 Å². The van der Waals surface area contributed by atoms with Crippen LogP contribution in [0.3, 0.4) is 0 Å². The molecule has 0 saturated carbocycles. The number of ether oxygens (including phenoxy) is 2. The Hall–Kier alpha value is -4.04. The lowest BCUT2D eigenvalue weighted by Crippen LogP contribution is -2.14. The van der Waals surface area contributed by atoms with Gasteiger partial charge in [-0.15, -0.1) is 0 Å². The zero-order valence-corrected chi connectivity index (χ0v) is 19.5. The molecule has 3 aromatic carbocycles. The Morgan fingerprint density at radius 3 is 2.50 bits per heavy atom. The summed E-state index contributed by atoms with van der Waals surface area (Å²) >= 11 is 1.33. The largest absolute Gasteiger partial charge is 0.493 e. The van der Waals surface area contributed by atoms with Gasteiger partial charge in [0.1, 0.15) is 0 Å². The van der Waals surface area contributed by atoms with Gasteiger partial charge in [0.2, 0.25) is 5.91 Å². The molecule has 0 atom stereocenters. The standard InChI is InChI=1S/C26H23N3O4S/c1-32-23-14-8-17(15-24(23)33-2)7-13-22(30)18-9-11-19(12-10-18)27-25(31)16-34-26-28-20-5-3-4-6-21(20)29-26/h3-15H,16H2,1-2H3,(H,27,31)(H,28,29)/b13-7+. The summed E-state index contributed by atoms with van der Waals surface area (Å²) in [7, 11) is 3.14. The lowest BCUT2D eigenvalue weighted by Gasteiger charge is -2.07. The first-order chi connectivity index (χ1) is 16.6. The first-order valence-corrected chi connectivity index (χ1v) is 11.5. The number of benzene rings is 3. The number of hydrogen-bond acceptors (Lipinski definition) is 6. The number of para-hydroxylation sites is 2. The molecule has 0 spiro atoms. The SMILES string of the molecule is COc1ccc(/C=C/C(=O)c2ccc(NC(=O)CSc3nc4ccccc4[nH]3)cc2)cc1OC. The van der Waals surface area contributed by atoms with Crippen molar-refractivity contribution in [3.63, 3.8) is 0 Å². The number of nitrogens with one attached hydrogen (secondary N) is 2. The van der Waals surface area contributed by atoms with Crippen LogP contribution in [0, 0.1) is 0 Å². The number of imidazole rings is 1. The summed E-state index contributed by atoms with van der Waals surface area (Å²) < 4.78 is 10.5. The van der Waals surface area contributed by atoms with E-state index in [1.165, 1.54) is 17.8 Å². The van der Waals surface area contributed by atoms with Gasteiger partial charge in [-0.25, -0.2) is 4.98 Å². The van der Waals surface area contributed by atoms with Crippen LogP contribution in [-0.2, 0) is 4.79 Å². The lowest BCUT2D eigenvalue weighted by atomic mass is 10.1. The van der Waals surface area contributed by atoms with Crippen molar-refractivity contribution in [2.24, 2.45) is 0 Å². The number of fused-ring (bicyclic) bond motifs is 1. The van der Waals surface area contributed by atoms with Crippen molar-refractivity contribution in [2.75, 3.05) is 25.3 Å². The quantitative estimate of drug-likeness (QED) is 0.197. The van der Waals surface area contributed by atoms with Crippen molar-refractivity contribution >= 4 is 46.2 Å². The van der Waals surface area contributed by atoms with Crippen LogP contribution in [0.5, 0.6) is 11.5 Å². The van der Waals surface area contributed by atoms with Gasteiger partial charge >= 0.3 is 0 Å². The number of amides is 1. The fraction of sp³-hybridized carbons (Fsp3) is 0.115. The highest BCUT2D eigenvalue weighted by molar-refractivity contribution is 7.99. The van der Waals surface area contributed by atoms with Crippen molar-refractivity contribution in [3.8, 4) is 11.5 Å². The van der Waals surface area contributed by atoms with E-state index in [1.54, 1.807) is 56.7 Å². The van der Waals surface area contributed by atoms with E-state index in [0.717, 1.165) is 16.6 Å². The minimum atomic E-state index is -0.155. The molecule has 4 aromatic rings. The van der Waals surface area contributed by atoms with Gasteiger partial charge in [0.15, 0.2) is 22.4 Å². The van der Waals surface area contributed by atoms with E-state index in [0.29, 0.717) is 27.9 Å². The zero-order chi connectivity index (χ0) is 23.9. The molecule has 1 aromatic heterocycles. The van der Waals surface area contributed by atoms with Crippen LogP contribution in [0.15, 0.2) is 78.0 Å². The van der Waals surface area contributed by atoms with E-state index in [-0.39, 0.29) is 17.4 Å². The summed E-state index contributed by atoms with van der Waals surface area (Å²) in [5.41, 5.74) is 3.76. The fourth-order valence-electron chi connectivity index (χ4n) is 3.27.